The smallest absolute Gasteiger partial charge is 0.159 e. The second-order valence-electron chi connectivity index (χ2n) is 6.04. The molecular weight excluding hydrogens is 260 g/mol. The molecule has 112 valence electrons. The van der Waals surface area contributed by atoms with Gasteiger partial charge in [-0.25, -0.2) is 0 Å². The van der Waals surface area contributed by atoms with Gasteiger partial charge in [-0.15, -0.1) is 0 Å². The first kappa shape index (κ1) is 15.7. The third-order valence-corrected chi connectivity index (χ3v) is 4.22. The number of Topliss-reactive ketones (excluding diaryl/α,β-unsaturated/α-hetero) is 2. The minimum absolute atomic E-state index is 0.162. The summed E-state index contributed by atoms with van der Waals surface area (Å²) in [4.78, 5) is 22.5. The molecule has 2 unspecified atom stereocenters. The number of allylic oxidation sites excluding steroid dienone is 8. The number of carbonyl (C=O) groups is 2. The first-order chi connectivity index (χ1) is 10.1. The molecule has 21 heavy (non-hydrogen) atoms. The molecule has 0 aliphatic heterocycles. The molecule has 0 saturated carbocycles. The van der Waals surface area contributed by atoms with Crippen molar-refractivity contribution in [3.63, 3.8) is 0 Å². The van der Waals surface area contributed by atoms with Gasteiger partial charge < -0.3 is 0 Å². The summed E-state index contributed by atoms with van der Waals surface area (Å²) in [6, 6.07) is 0. The van der Waals surface area contributed by atoms with E-state index in [1.54, 1.807) is 13.8 Å². The van der Waals surface area contributed by atoms with Gasteiger partial charge >= 0.3 is 0 Å². The highest BCUT2D eigenvalue weighted by Crippen LogP contribution is 2.25. The third-order valence-electron chi connectivity index (χ3n) is 4.22. The standard InChI is InChI=1S/C19H24O2/c1-14(20)18-10-8-16(12-18)6-4-3-5-7-17-9-11-19(13-17)15(2)21/h8-13,16-17H,3-7H2,1-2H3. The minimum Gasteiger partial charge on any atom is -0.295 e. The Morgan fingerprint density at radius 3 is 1.57 bits per heavy atom. The van der Waals surface area contributed by atoms with Crippen molar-refractivity contribution in [3.8, 4) is 0 Å². The lowest BCUT2D eigenvalue weighted by atomic mass is 9.98. The van der Waals surface area contributed by atoms with Crippen molar-refractivity contribution in [2.45, 2.75) is 46.0 Å². The molecule has 2 heteroatoms. The Labute approximate surface area is 127 Å². The minimum atomic E-state index is 0.162. The van der Waals surface area contributed by atoms with Crippen LogP contribution in [0.25, 0.3) is 0 Å². The molecule has 2 aliphatic rings. The second kappa shape index (κ2) is 7.35. The zero-order chi connectivity index (χ0) is 15.2. The Hall–Kier alpha value is -1.70. The number of hydrogen-bond donors (Lipinski definition) is 0. The zero-order valence-electron chi connectivity index (χ0n) is 13.0. The van der Waals surface area contributed by atoms with Crippen LogP contribution in [-0.4, -0.2) is 11.6 Å². The summed E-state index contributed by atoms with van der Waals surface area (Å²) >= 11 is 0. The van der Waals surface area contributed by atoms with Gasteiger partial charge in [0.25, 0.3) is 0 Å². The van der Waals surface area contributed by atoms with Gasteiger partial charge in [0.15, 0.2) is 11.6 Å². The van der Waals surface area contributed by atoms with Gasteiger partial charge in [-0.2, -0.15) is 0 Å². The topological polar surface area (TPSA) is 34.1 Å². The first-order valence-electron chi connectivity index (χ1n) is 7.88. The summed E-state index contributed by atoms with van der Waals surface area (Å²) in [6.45, 7) is 3.24. The van der Waals surface area contributed by atoms with Gasteiger partial charge in [-0.1, -0.05) is 55.7 Å². The van der Waals surface area contributed by atoms with Crippen LogP contribution in [0.3, 0.4) is 0 Å². The summed E-state index contributed by atoms with van der Waals surface area (Å²) in [5.74, 6) is 1.21. The highest BCUT2D eigenvalue weighted by atomic mass is 16.1. The average Bonchev–Trinajstić information content (AvgIpc) is 3.06. The molecule has 2 atom stereocenters. The van der Waals surface area contributed by atoms with Crippen molar-refractivity contribution < 1.29 is 9.59 Å². The van der Waals surface area contributed by atoms with Crippen molar-refractivity contribution in [3.05, 3.63) is 47.6 Å². The van der Waals surface area contributed by atoms with Crippen LogP contribution in [0.15, 0.2) is 47.6 Å². The normalized spacial score (nSPS) is 23.3. The Balaban J connectivity index is 1.60. The van der Waals surface area contributed by atoms with Gasteiger partial charge in [0.2, 0.25) is 0 Å². The van der Waals surface area contributed by atoms with Crippen LogP contribution in [0.2, 0.25) is 0 Å². The molecule has 0 amide bonds. The molecule has 0 radical (unpaired) electrons. The number of unbranched alkanes of at least 4 members (excludes halogenated alkanes) is 2. The van der Waals surface area contributed by atoms with E-state index in [1.165, 1.54) is 19.3 Å². The SMILES string of the molecule is CC(=O)C1=CC(CCCCCC2C=CC(C(C)=O)=C2)C=C1. The molecule has 0 aromatic rings. The maximum absolute atomic E-state index is 11.2. The highest BCUT2D eigenvalue weighted by Gasteiger charge is 2.13. The largest absolute Gasteiger partial charge is 0.295 e. The third kappa shape index (κ3) is 4.66. The molecule has 2 rings (SSSR count). The number of hydrogen-bond acceptors (Lipinski definition) is 2. The van der Waals surface area contributed by atoms with Crippen LogP contribution >= 0.6 is 0 Å². The molecule has 0 aromatic carbocycles. The molecule has 0 aromatic heterocycles. The Morgan fingerprint density at radius 2 is 1.24 bits per heavy atom. The molecule has 0 fully saturated rings. The van der Waals surface area contributed by atoms with E-state index >= 15 is 0 Å². The summed E-state index contributed by atoms with van der Waals surface area (Å²) < 4.78 is 0. The average molecular weight is 284 g/mol. The number of rotatable bonds is 8. The van der Waals surface area contributed by atoms with Gasteiger partial charge in [-0.05, 0) is 38.5 Å². The maximum atomic E-state index is 11.2. The summed E-state index contributed by atoms with van der Waals surface area (Å²) in [5, 5.41) is 0. The fourth-order valence-corrected chi connectivity index (χ4v) is 2.90. The molecule has 2 nitrogen and oxygen atoms in total. The Kier molecular flexibility index (Phi) is 5.49. The second-order valence-corrected chi connectivity index (χ2v) is 6.04. The van der Waals surface area contributed by atoms with E-state index in [1.807, 2.05) is 12.2 Å². The Bertz CT molecular complexity index is 484. The van der Waals surface area contributed by atoms with E-state index in [4.69, 9.17) is 0 Å². The van der Waals surface area contributed by atoms with Crippen LogP contribution in [0.5, 0.6) is 0 Å². The van der Waals surface area contributed by atoms with Crippen molar-refractivity contribution in [2.75, 3.05) is 0 Å². The molecule has 0 heterocycles. The molecule has 0 bridgehead atoms. The van der Waals surface area contributed by atoms with E-state index in [9.17, 15) is 9.59 Å². The summed E-state index contributed by atoms with van der Waals surface area (Å²) in [7, 11) is 0. The quantitative estimate of drug-likeness (QED) is 0.621. The van der Waals surface area contributed by atoms with Crippen LogP contribution in [0.1, 0.15) is 46.0 Å². The van der Waals surface area contributed by atoms with Crippen LogP contribution in [0.4, 0.5) is 0 Å². The van der Waals surface area contributed by atoms with Crippen LogP contribution < -0.4 is 0 Å². The fourth-order valence-electron chi connectivity index (χ4n) is 2.90. The van der Waals surface area contributed by atoms with E-state index in [0.29, 0.717) is 11.8 Å². The monoisotopic (exact) mass is 284 g/mol. The van der Waals surface area contributed by atoms with Gasteiger partial charge in [-0.3, -0.25) is 9.59 Å². The van der Waals surface area contributed by atoms with E-state index < -0.39 is 0 Å². The van der Waals surface area contributed by atoms with E-state index in [-0.39, 0.29) is 11.6 Å². The Morgan fingerprint density at radius 1 is 0.810 bits per heavy atom. The number of carbonyl (C=O) groups excluding carboxylic acids is 2. The number of ketones is 2. The molecule has 0 N–H and O–H groups in total. The summed E-state index contributed by atoms with van der Waals surface area (Å²) in [6.07, 6.45) is 18.2. The maximum Gasteiger partial charge on any atom is 0.159 e. The van der Waals surface area contributed by atoms with E-state index in [0.717, 1.165) is 24.0 Å². The predicted octanol–water partition coefficient (Wildman–Crippen LogP) is 4.34. The molecular formula is C19H24O2. The van der Waals surface area contributed by atoms with E-state index in [2.05, 4.69) is 24.3 Å². The molecule has 2 aliphatic carbocycles. The van der Waals surface area contributed by atoms with Gasteiger partial charge in [0.05, 0.1) is 0 Å². The van der Waals surface area contributed by atoms with Crippen molar-refractivity contribution in [2.24, 2.45) is 11.8 Å². The van der Waals surface area contributed by atoms with Gasteiger partial charge in [0.1, 0.15) is 0 Å². The van der Waals surface area contributed by atoms with Crippen molar-refractivity contribution in [1.82, 2.24) is 0 Å². The van der Waals surface area contributed by atoms with Crippen molar-refractivity contribution in [1.29, 1.82) is 0 Å². The molecule has 0 saturated heterocycles. The lowest BCUT2D eigenvalue weighted by Gasteiger charge is -2.07. The fraction of sp³-hybridized carbons (Fsp3) is 0.474. The van der Waals surface area contributed by atoms with Crippen LogP contribution in [0, 0.1) is 11.8 Å². The first-order valence-corrected chi connectivity index (χ1v) is 7.88. The van der Waals surface area contributed by atoms with Crippen LogP contribution in [-0.2, 0) is 9.59 Å². The predicted molar refractivity (Wildman–Crippen MR) is 85.9 cm³/mol. The lowest BCUT2D eigenvalue weighted by molar-refractivity contribution is -0.114. The molecule has 0 spiro atoms. The highest BCUT2D eigenvalue weighted by molar-refractivity contribution is 5.97. The van der Waals surface area contributed by atoms with Gasteiger partial charge in [0, 0.05) is 11.1 Å². The summed E-state index contributed by atoms with van der Waals surface area (Å²) in [5.41, 5.74) is 1.72. The zero-order valence-corrected chi connectivity index (χ0v) is 13.0. The lowest BCUT2D eigenvalue weighted by Crippen LogP contribution is -1.95. The van der Waals surface area contributed by atoms with Crippen molar-refractivity contribution >= 4 is 11.6 Å².